The van der Waals surface area contributed by atoms with Gasteiger partial charge in [-0.1, -0.05) is 0 Å². The lowest BCUT2D eigenvalue weighted by molar-refractivity contribution is 0.0295. The van der Waals surface area contributed by atoms with Gasteiger partial charge in [-0.15, -0.1) is 11.3 Å². The first-order valence-electron chi connectivity index (χ1n) is 9.43. The Morgan fingerprint density at radius 3 is 2.88 bits per heavy atom. The van der Waals surface area contributed by atoms with Gasteiger partial charge in [0.2, 0.25) is 0 Å². The first-order chi connectivity index (χ1) is 12.7. The summed E-state index contributed by atoms with van der Waals surface area (Å²) in [5.41, 5.74) is 0. The minimum Gasteiger partial charge on any atom is -0.467 e. The lowest BCUT2D eigenvalue weighted by Crippen LogP contribution is -2.38. The maximum atomic E-state index is 12.7. The number of ether oxygens (including phenoxy) is 1. The van der Waals surface area contributed by atoms with Gasteiger partial charge >= 0.3 is 0 Å². The molecule has 4 heterocycles. The molecule has 0 aliphatic carbocycles. The Labute approximate surface area is 158 Å². The summed E-state index contributed by atoms with van der Waals surface area (Å²) in [6.07, 6.45) is 6.32. The molecule has 0 N–H and O–H groups in total. The van der Waals surface area contributed by atoms with E-state index >= 15 is 0 Å². The molecule has 5 nitrogen and oxygen atoms in total. The van der Waals surface area contributed by atoms with Crippen molar-refractivity contribution in [3.8, 4) is 0 Å². The van der Waals surface area contributed by atoms with Crippen LogP contribution in [0.1, 0.15) is 52.0 Å². The molecule has 0 radical (unpaired) electrons. The van der Waals surface area contributed by atoms with E-state index in [4.69, 9.17) is 9.15 Å². The molecule has 0 aromatic carbocycles. The van der Waals surface area contributed by atoms with Crippen LogP contribution < -0.4 is 0 Å². The molecule has 0 bridgehead atoms. The van der Waals surface area contributed by atoms with E-state index in [0.717, 1.165) is 43.2 Å². The van der Waals surface area contributed by atoms with E-state index in [1.807, 2.05) is 25.2 Å². The first kappa shape index (κ1) is 17.8. The van der Waals surface area contributed by atoms with E-state index in [1.165, 1.54) is 17.7 Å². The highest BCUT2D eigenvalue weighted by Gasteiger charge is 2.33. The van der Waals surface area contributed by atoms with Crippen LogP contribution in [-0.2, 0) is 11.3 Å². The normalized spacial score (nSPS) is 22.0. The summed E-state index contributed by atoms with van der Waals surface area (Å²) in [5.74, 6) is 0.868. The van der Waals surface area contributed by atoms with Crippen molar-refractivity contribution >= 4 is 17.2 Å². The van der Waals surface area contributed by atoms with Crippen LogP contribution in [0.4, 0.5) is 0 Å². The van der Waals surface area contributed by atoms with Gasteiger partial charge in [0.15, 0.2) is 0 Å². The van der Waals surface area contributed by atoms with E-state index in [9.17, 15) is 4.79 Å². The van der Waals surface area contributed by atoms with Crippen molar-refractivity contribution in [2.75, 3.05) is 26.8 Å². The number of rotatable bonds is 5. The Bertz CT molecular complexity index is 721. The van der Waals surface area contributed by atoms with Crippen LogP contribution in [0.2, 0.25) is 0 Å². The number of hydrogen-bond donors (Lipinski definition) is 0. The minimum atomic E-state index is 0.0632. The van der Waals surface area contributed by atoms with Gasteiger partial charge in [-0.2, -0.15) is 0 Å². The third kappa shape index (κ3) is 3.72. The van der Waals surface area contributed by atoms with Crippen molar-refractivity contribution in [3.63, 3.8) is 0 Å². The monoisotopic (exact) mass is 374 g/mol. The molecule has 6 heteroatoms. The first-order valence-corrected chi connectivity index (χ1v) is 10.2. The molecular formula is C20H26N2O3S. The Hall–Kier alpha value is -1.63. The molecule has 2 saturated heterocycles. The van der Waals surface area contributed by atoms with Gasteiger partial charge < -0.3 is 14.1 Å². The van der Waals surface area contributed by atoms with Crippen LogP contribution >= 0.6 is 11.3 Å². The topological polar surface area (TPSA) is 45.9 Å². The Morgan fingerprint density at radius 1 is 1.27 bits per heavy atom. The van der Waals surface area contributed by atoms with Crippen molar-refractivity contribution < 1.29 is 13.9 Å². The van der Waals surface area contributed by atoms with Crippen LogP contribution in [0.5, 0.6) is 0 Å². The third-order valence-corrected chi connectivity index (χ3v) is 6.61. The summed E-state index contributed by atoms with van der Waals surface area (Å²) < 4.78 is 10.9. The highest BCUT2D eigenvalue weighted by Crippen LogP contribution is 2.39. The smallest absolute Gasteiger partial charge is 0.264 e. The SMILES string of the molecule is CN(Cc1ccco1)C(=O)c1ccc([C@@H]2CCCN2C2CCOCC2)s1. The lowest BCUT2D eigenvalue weighted by atomic mass is 10.1. The average Bonchev–Trinajstić information content (AvgIpc) is 3.42. The molecular weight excluding hydrogens is 348 g/mol. The average molecular weight is 375 g/mol. The van der Waals surface area contributed by atoms with E-state index in [1.54, 1.807) is 22.5 Å². The zero-order valence-electron chi connectivity index (χ0n) is 15.2. The predicted molar refractivity (Wildman–Crippen MR) is 101 cm³/mol. The maximum absolute atomic E-state index is 12.7. The largest absolute Gasteiger partial charge is 0.467 e. The molecule has 4 rings (SSSR count). The number of hydrogen-bond acceptors (Lipinski definition) is 5. The van der Waals surface area contributed by atoms with Crippen molar-refractivity contribution in [1.29, 1.82) is 0 Å². The van der Waals surface area contributed by atoms with Crippen molar-refractivity contribution in [2.45, 2.75) is 44.3 Å². The second-order valence-corrected chi connectivity index (χ2v) is 8.30. The molecule has 1 amide bonds. The van der Waals surface area contributed by atoms with Gasteiger partial charge in [0.05, 0.1) is 17.7 Å². The van der Waals surface area contributed by atoms with E-state index in [2.05, 4.69) is 11.0 Å². The van der Waals surface area contributed by atoms with E-state index < -0.39 is 0 Å². The molecule has 2 aromatic heterocycles. The number of carbonyl (C=O) groups is 1. The van der Waals surface area contributed by atoms with E-state index in [-0.39, 0.29) is 5.91 Å². The second kappa shape index (κ2) is 7.94. The zero-order valence-corrected chi connectivity index (χ0v) is 16.0. The molecule has 140 valence electrons. The summed E-state index contributed by atoms with van der Waals surface area (Å²) in [4.78, 5) is 19.3. The highest BCUT2D eigenvalue weighted by atomic mass is 32.1. The molecule has 2 aliphatic rings. The standard InChI is InChI=1S/C20H26N2O3S/c1-21(14-16-4-3-11-25-16)20(23)19-7-6-18(26-19)17-5-2-10-22(17)15-8-12-24-13-9-15/h3-4,6-7,11,15,17H,2,5,8-10,12-14H2,1H3/t17-/m0/s1. The molecule has 26 heavy (non-hydrogen) atoms. The van der Waals surface area contributed by atoms with Crippen LogP contribution in [-0.4, -0.2) is 48.6 Å². The summed E-state index contributed by atoms with van der Waals surface area (Å²) in [6.45, 7) is 3.41. The van der Waals surface area contributed by atoms with Gasteiger partial charge in [-0.3, -0.25) is 9.69 Å². The van der Waals surface area contributed by atoms with Crippen LogP contribution in [0.15, 0.2) is 34.9 Å². The summed E-state index contributed by atoms with van der Waals surface area (Å²) in [6, 6.07) is 8.97. The molecule has 2 aromatic rings. The maximum Gasteiger partial charge on any atom is 0.264 e. The summed E-state index contributed by atoms with van der Waals surface area (Å²) >= 11 is 1.65. The highest BCUT2D eigenvalue weighted by molar-refractivity contribution is 7.14. The van der Waals surface area contributed by atoms with Gasteiger partial charge in [0.1, 0.15) is 5.76 Å². The van der Waals surface area contributed by atoms with Crippen LogP contribution in [0.3, 0.4) is 0 Å². The predicted octanol–water partition coefficient (Wildman–Crippen LogP) is 3.93. The van der Waals surface area contributed by atoms with Gasteiger partial charge in [-0.25, -0.2) is 0 Å². The quantitative estimate of drug-likeness (QED) is 0.796. The zero-order chi connectivity index (χ0) is 17.9. The van der Waals surface area contributed by atoms with Crippen LogP contribution in [0, 0.1) is 0 Å². The number of nitrogens with zero attached hydrogens (tertiary/aromatic N) is 2. The fourth-order valence-corrected chi connectivity index (χ4v) is 5.25. The van der Waals surface area contributed by atoms with Gasteiger partial charge in [0.25, 0.3) is 5.91 Å². The summed E-state index contributed by atoms with van der Waals surface area (Å²) in [5, 5.41) is 0. The molecule has 1 atom stereocenters. The van der Waals surface area contributed by atoms with Crippen molar-refractivity contribution in [1.82, 2.24) is 9.80 Å². The number of amides is 1. The molecule has 0 unspecified atom stereocenters. The number of likely N-dealkylation sites (tertiary alicyclic amines) is 1. The van der Waals surface area contributed by atoms with Gasteiger partial charge in [-0.05, 0) is 56.5 Å². The number of furan rings is 1. The lowest BCUT2D eigenvalue weighted by Gasteiger charge is -2.35. The molecule has 2 fully saturated rings. The van der Waals surface area contributed by atoms with Crippen molar-refractivity contribution in [3.05, 3.63) is 46.0 Å². The van der Waals surface area contributed by atoms with Gasteiger partial charge in [0, 0.05) is 37.2 Å². The van der Waals surface area contributed by atoms with Crippen LogP contribution in [0.25, 0.3) is 0 Å². The minimum absolute atomic E-state index is 0.0632. The fraction of sp³-hybridized carbons (Fsp3) is 0.550. The third-order valence-electron chi connectivity index (χ3n) is 5.44. The van der Waals surface area contributed by atoms with E-state index in [0.29, 0.717) is 18.6 Å². The summed E-state index contributed by atoms with van der Waals surface area (Å²) in [7, 11) is 1.83. The molecule has 2 aliphatic heterocycles. The Kier molecular flexibility index (Phi) is 5.43. The molecule has 0 saturated carbocycles. The number of thiophene rings is 1. The second-order valence-electron chi connectivity index (χ2n) is 7.18. The molecule has 0 spiro atoms. The fourth-order valence-electron chi connectivity index (χ4n) is 4.09. The van der Waals surface area contributed by atoms with Crippen molar-refractivity contribution in [2.24, 2.45) is 0 Å². The Morgan fingerprint density at radius 2 is 2.12 bits per heavy atom. The Balaban J connectivity index is 1.44. The number of carbonyl (C=O) groups excluding carboxylic acids is 1.